The van der Waals surface area contributed by atoms with Crippen LogP contribution in [0.25, 0.3) is 10.2 Å². The zero-order chi connectivity index (χ0) is 20.4. The van der Waals surface area contributed by atoms with Gasteiger partial charge in [0.1, 0.15) is 5.82 Å². The van der Waals surface area contributed by atoms with Gasteiger partial charge in [-0.1, -0.05) is 11.6 Å². The van der Waals surface area contributed by atoms with E-state index < -0.39 is 0 Å². The average molecular weight is 429 g/mol. The molecule has 0 radical (unpaired) electrons. The number of thiazole rings is 1. The Morgan fingerprint density at radius 2 is 2.03 bits per heavy atom. The van der Waals surface area contributed by atoms with Crippen molar-refractivity contribution >= 4 is 44.9 Å². The Labute approximate surface area is 180 Å². The van der Waals surface area contributed by atoms with Gasteiger partial charge in [-0.25, -0.2) is 9.97 Å². The molecule has 1 saturated carbocycles. The van der Waals surface area contributed by atoms with Crippen molar-refractivity contribution in [3.8, 4) is 0 Å². The van der Waals surface area contributed by atoms with Gasteiger partial charge in [-0.3, -0.25) is 4.79 Å². The van der Waals surface area contributed by atoms with Crippen LogP contribution in [-0.2, 0) is 0 Å². The number of pyridine rings is 1. The molecule has 0 unspecified atom stereocenters. The SMILES string of the molecule is CCN(C)c1cc(C(=O)NC2CCC(c3nc4cc(Cl)ccc4s3)CC2)ccn1. The first-order valence-electron chi connectivity index (χ1n) is 10.1. The number of nitrogens with zero attached hydrogens (tertiary/aromatic N) is 3. The Hall–Kier alpha value is -2.18. The highest BCUT2D eigenvalue weighted by Gasteiger charge is 2.26. The first-order chi connectivity index (χ1) is 14.0. The number of aromatic nitrogens is 2. The molecule has 4 rings (SSSR count). The lowest BCUT2D eigenvalue weighted by Gasteiger charge is -2.28. The zero-order valence-corrected chi connectivity index (χ0v) is 18.3. The van der Waals surface area contributed by atoms with E-state index in [0.29, 0.717) is 11.5 Å². The molecule has 152 valence electrons. The molecular weight excluding hydrogens is 404 g/mol. The van der Waals surface area contributed by atoms with Crippen LogP contribution in [0.2, 0.25) is 5.02 Å². The molecule has 1 aliphatic carbocycles. The van der Waals surface area contributed by atoms with Crippen LogP contribution in [0.4, 0.5) is 5.82 Å². The van der Waals surface area contributed by atoms with Crippen LogP contribution >= 0.6 is 22.9 Å². The summed E-state index contributed by atoms with van der Waals surface area (Å²) in [4.78, 5) is 23.9. The minimum Gasteiger partial charge on any atom is -0.360 e. The summed E-state index contributed by atoms with van der Waals surface area (Å²) >= 11 is 7.85. The molecule has 1 fully saturated rings. The molecule has 29 heavy (non-hydrogen) atoms. The standard InChI is InChI=1S/C22H25ClN4OS/c1-3-27(2)20-12-15(10-11-24-20)21(28)25-17-7-4-14(5-8-17)22-26-18-13-16(23)6-9-19(18)29-22/h6,9-14,17H,3-5,7-8H2,1-2H3,(H,25,28). The number of hydrogen-bond acceptors (Lipinski definition) is 5. The number of amides is 1. The maximum atomic E-state index is 12.7. The van der Waals surface area contributed by atoms with Crippen LogP contribution in [-0.4, -0.2) is 35.5 Å². The third kappa shape index (κ3) is 4.54. The molecule has 1 N–H and O–H groups in total. The molecule has 1 aromatic carbocycles. The van der Waals surface area contributed by atoms with Crippen LogP contribution < -0.4 is 10.2 Å². The summed E-state index contributed by atoms with van der Waals surface area (Å²) in [5.41, 5.74) is 1.65. The highest BCUT2D eigenvalue weighted by molar-refractivity contribution is 7.18. The van der Waals surface area contributed by atoms with E-state index in [2.05, 4.69) is 17.2 Å². The van der Waals surface area contributed by atoms with Crippen molar-refractivity contribution in [1.82, 2.24) is 15.3 Å². The van der Waals surface area contributed by atoms with Crippen molar-refractivity contribution in [2.24, 2.45) is 0 Å². The van der Waals surface area contributed by atoms with Gasteiger partial charge in [0.25, 0.3) is 5.91 Å². The molecule has 0 aliphatic heterocycles. The second kappa shape index (κ2) is 8.67. The zero-order valence-electron chi connectivity index (χ0n) is 16.7. The van der Waals surface area contributed by atoms with E-state index >= 15 is 0 Å². The third-order valence-corrected chi connectivity index (χ3v) is 7.08. The lowest BCUT2D eigenvalue weighted by atomic mass is 9.86. The largest absolute Gasteiger partial charge is 0.360 e. The van der Waals surface area contributed by atoms with Gasteiger partial charge in [0.2, 0.25) is 0 Å². The van der Waals surface area contributed by atoms with E-state index in [1.807, 2.05) is 36.2 Å². The average Bonchev–Trinajstić information content (AvgIpc) is 3.17. The molecule has 0 saturated heterocycles. The number of carbonyl (C=O) groups is 1. The van der Waals surface area contributed by atoms with E-state index in [1.54, 1.807) is 23.6 Å². The van der Waals surface area contributed by atoms with Crippen LogP contribution in [0.15, 0.2) is 36.5 Å². The Bertz CT molecular complexity index is 1010. The van der Waals surface area contributed by atoms with Gasteiger partial charge < -0.3 is 10.2 Å². The van der Waals surface area contributed by atoms with Crippen molar-refractivity contribution in [3.05, 3.63) is 52.1 Å². The fraction of sp³-hybridized carbons (Fsp3) is 0.409. The van der Waals surface area contributed by atoms with E-state index in [9.17, 15) is 4.79 Å². The highest BCUT2D eigenvalue weighted by Crippen LogP contribution is 2.37. The molecule has 0 spiro atoms. The normalized spacial score (nSPS) is 19.3. The summed E-state index contributed by atoms with van der Waals surface area (Å²) in [6.45, 7) is 2.91. The predicted molar refractivity (Wildman–Crippen MR) is 120 cm³/mol. The van der Waals surface area contributed by atoms with Crippen molar-refractivity contribution in [2.75, 3.05) is 18.5 Å². The molecule has 3 aromatic rings. The van der Waals surface area contributed by atoms with Crippen molar-refractivity contribution < 1.29 is 4.79 Å². The predicted octanol–water partition coefficient (Wildman–Crippen LogP) is 5.26. The summed E-state index contributed by atoms with van der Waals surface area (Å²) in [5, 5.41) is 5.12. The monoisotopic (exact) mass is 428 g/mol. The van der Waals surface area contributed by atoms with Gasteiger partial charge in [0, 0.05) is 42.3 Å². The fourth-order valence-electron chi connectivity index (χ4n) is 3.78. The number of nitrogens with one attached hydrogen (secondary N) is 1. The smallest absolute Gasteiger partial charge is 0.251 e. The number of halogens is 1. The first kappa shape index (κ1) is 20.1. The molecule has 5 nitrogen and oxygen atoms in total. The van der Waals surface area contributed by atoms with Gasteiger partial charge in [0.15, 0.2) is 0 Å². The summed E-state index contributed by atoms with van der Waals surface area (Å²) in [5.74, 6) is 1.26. The number of hydrogen-bond donors (Lipinski definition) is 1. The topological polar surface area (TPSA) is 58.1 Å². The van der Waals surface area contributed by atoms with E-state index in [-0.39, 0.29) is 11.9 Å². The van der Waals surface area contributed by atoms with Gasteiger partial charge in [0.05, 0.1) is 15.2 Å². The molecular formula is C22H25ClN4OS. The molecule has 0 bridgehead atoms. The Kier molecular flexibility index (Phi) is 6.01. The van der Waals surface area contributed by atoms with Gasteiger partial charge >= 0.3 is 0 Å². The van der Waals surface area contributed by atoms with E-state index in [1.165, 1.54) is 9.71 Å². The minimum absolute atomic E-state index is 0.0174. The van der Waals surface area contributed by atoms with Crippen LogP contribution in [0.3, 0.4) is 0 Å². The second-order valence-electron chi connectivity index (χ2n) is 7.60. The van der Waals surface area contributed by atoms with Crippen molar-refractivity contribution in [3.63, 3.8) is 0 Å². The minimum atomic E-state index is -0.0174. The van der Waals surface area contributed by atoms with Crippen LogP contribution in [0.1, 0.15) is 53.9 Å². The lowest BCUT2D eigenvalue weighted by molar-refractivity contribution is 0.0925. The molecule has 2 aromatic heterocycles. The van der Waals surface area contributed by atoms with E-state index in [0.717, 1.165) is 48.6 Å². The molecule has 1 amide bonds. The fourth-order valence-corrected chi connectivity index (χ4v) is 5.06. The van der Waals surface area contributed by atoms with Crippen molar-refractivity contribution in [1.29, 1.82) is 0 Å². The number of carbonyl (C=O) groups excluding carboxylic acids is 1. The quantitative estimate of drug-likeness (QED) is 0.602. The number of rotatable bonds is 5. The number of fused-ring (bicyclic) bond motifs is 1. The Morgan fingerprint density at radius 3 is 2.79 bits per heavy atom. The third-order valence-electron chi connectivity index (χ3n) is 5.65. The van der Waals surface area contributed by atoms with E-state index in [4.69, 9.17) is 16.6 Å². The van der Waals surface area contributed by atoms with Crippen LogP contribution in [0, 0.1) is 0 Å². The molecule has 0 atom stereocenters. The van der Waals surface area contributed by atoms with Crippen molar-refractivity contribution in [2.45, 2.75) is 44.6 Å². The highest BCUT2D eigenvalue weighted by atomic mass is 35.5. The van der Waals surface area contributed by atoms with Gasteiger partial charge in [-0.15, -0.1) is 11.3 Å². The first-order valence-corrected chi connectivity index (χ1v) is 11.3. The molecule has 7 heteroatoms. The summed E-state index contributed by atoms with van der Waals surface area (Å²) in [6.07, 6.45) is 5.73. The van der Waals surface area contributed by atoms with Gasteiger partial charge in [-0.05, 0) is 62.9 Å². The summed E-state index contributed by atoms with van der Waals surface area (Å²) in [7, 11) is 1.97. The summed E-state index contributed by atoms with van der Waals surface area (Å²) < 4.78 is 1.19. The van der Waals surface area contributed by atoms with Gasteiger partial charge in [-0.2, -0.15) is 0 Å². The molecule has 2 heterocycles. The number of anilines is 1. The lowest BCUT2D eigenvalue weighted by Crippen LogP contribution is -2.37. The Morgan fingerprint density at radius 1 is 1.24 bits per heavy atom. The maximum Gasteiger partial charge on any atom is 0.251 e. The molecule has 1 aliphatic rings. The second-order valence-corrected chi connectivity index (χ2v) is 9.10. The Balaban J connectivity index is 1.36. The number of benzene rings is 1. The summed E-state index contributed by atoms with van der Waals surface area (Å²) in [6, 6.07) is 9.74. The van der Waals surface area contributed by atoms with Crippen LogP contribution in [0.5, 0.6) is 0 Å². The maximum absolute atomic E-state index is 12.7.